The summed E-state index contributed by atoms with van der Waals surface area (Å²) in [7, 11) is -3.39. The molecule has 0 aliphatic carbocycles. The SMILES string of the molecule is NC1(C(=O)NCCS(=O)(=O)c2ccccc2)CCOCC1. The molecule has 1 amide bonds. The molecule has 0 aromatic heterocycles. The second-order valence-corrected chi connectivity index (χ2v) is 7.27. The third-order valence-electron chi connectivity index (χ3n) is 3.60. The summed E-state index contributed by atoms with van der Waals surface area (Å²) in [5.41, 5.74) is 5.07. The fourth-order valence-corrected chi connectivity index (χ4v) is 3.36. The molecule has 1 heterocycles. The van der Waals surface area contributed by atoms with Crippen LogP contribution in [0.15, 0.2) is 35.2 Å². The molecular weight excluding hydrogens is 292 g/mol. The van der Waals surface area contributed by atoms with Crippen LogP contribution in [-0.4, -0.2) is 45.4 Å². The second-order valence-electron chi connectivity index (χ2n) is 5.16. The summed E-state index contributed by atoms with van der Waals surface area (Å²) in [6.45, 7) is 0.953. The molecule has 1 aliphatic heterocycles. The lowest BCUT2D eigenvalue weighted by Crippen LogP contribution is -2.57. The fraction of sp³-hybridized carbons (Fsp3) is 0.500. The number of amides is 1. The van der Waals surface area contributed by atoms with Gasteiger partial charge in [0.1, 0.15) is 0 Å². The van der Waals surface area contributed by atoms with Crippen molar-refractivity contribution in [2.24, 2.45) is 5.73 Å². The first-order valence-corrected chi connectivity index (χ1v) is 8.52. The molecule has 1 fully saturated rings. The summed E-state index contributed by atoms with van der Waals surface area (Å²) in [6, 6.07) is 8.18. The van der Waals surface area contributed by atoms with E-state index in [-0.39, 0.29) is 23.1 Å². The van der Waals surface area contributed by atoms with Crippen molar-refractivity contribution in [2.75, 3.05) is 25.5 Å². The highest BCUT2D eigenvalue weighted by molar-refractivity contribution is 7.91. The molecule has 0 unspecified atom stereocenters. The molecule has 2 rings (SSSR count). The number of benzene rings is 1. The van der Waals surface area contributed by atoms with Gasteiger partial charge in [0.05, 0.1) is 16.2 Å². The topological polar surface area (TPSA) is 98.5 Å². The first-order valence-electron chi connectivity index (χ1n) is 6.87. The van der Waals surface area contributed by atoms with Gasteiger partial charge in [0, 0.05) is 19.8 Å². The number of nitrogens with two attached hydrogens (primary N) is 1. The number of hydrogen-bond donors (Lipinski definition) is 2. The molecular formula is C14H20N2O4S. The normalized spacial score (nSPS) is 18.1. The van der Waals surface area contributed by atoms with Gasteiger partial charge in [-0.25, -0.2) is 8.42 Å². The van der Waals surface area contributed by atoms with E-state index in [1.54, 1.807) is 30.3 Å². The number of hydrogen-bond acceptors (Lipinski definition) is 5. The quantitative estimate of drug-likeness (QED) is 0.802. The van der Waals surface area contributed by atoms with Gasteiger partial charge in [-0.2, -0.15) is 0 Å². The van der Waals surface area contributed by atoms with Gasteiger partial charge in [0.25, 0.3) is 0 Å². The van der Waals surface area contributed by atoms with Crippen LogP contribution in [0, 0.1) is 0 Å². The van der Waals surface area contributed by atoms with Crippen LogP contribution < -0.4 is 11.1 Å². The van der Waals surface area contributed by atoms with Crippen LogP contribution in [0.3, 0.4) is 0 Å². The molecule has 0 bridgehead atoms. The van der Waals surface area contributed by atoms with E-state index in [1.807, 2.05) is 0 Å². The molecule has 1 aromatic rings. The van der Waals surface area contributed by atoms with Crippen LogP contribution in [0.25, 0.3) is 0 Å². The molecule has 0 atom stereocenters. The molecule has 0 spiro atoms. The largest absolute Gasteiger partial charge is 0.381 e. The van der Waals surface area contributed by atoms with E-state index in [2.05, 4.69) is 5.32 Å². The van der Waals surface area contributed by atoms with Crippen molar-refractivity contribution < 1.29 is 17.9 Å². The molecule has 1 aliphatic rings. The molecule has 1 aromatic carbocycles. The summed E-state index contributed by atoms with van der Waals surface area (Å²) >= 11 is 0. The van der Waals surface area contributed by atoms with Gasteiger partial charge in [-0.15, -0.1) is 0 Å². The first-order chi connectivity index (χ1) is 9.94. The van der Waals surface area contributed by atoms with Crippen LogP contribution in [0.5, 0.6) is 0 Å². The van der Waals surface area contributed by atoms with Crippen molar-refractivity contribution in [3.05, 3.63) is 30.3 Å². The molecule has 1 saturated heterocycles. The van der Waals surface area contributed by atoms with Gasteiger partial charge in [-0.1, -0.05) is 18.2 Å². The molecule has 0 radical (unpaired) electrons. The fourth-order valence-electron chi connectivity index (χ4n) is 2.18. The molecule has 116 valence electrons. The number of sulfone groups is 1. The van der Waals surface area contributed by atoms with Crippen LogP contribution in [0.4, 0.5) is 0 Å². The van der Waals surface area contributed by atoms with Crippen molar-refractivity contribution >= 4 is 15.7 Å². The average molecular weight is 312 g/mol. The maximum absolute atomic E-state index is 12.1. The Bertz CT molecular complexity index is 580. The number of rotatable bonds is 5. The Labute approximate surface area is 124 Å². The third-order valence-corrected chi connectivity index (χ3v) is 5.33. The minimum Gasteiger partial charge on any atom is -0.381 e. The smallest absolute Gasteiger partial charge is 0.240 e. The number of carbonyl (C=O) groups is 1. The maximum atomic E-state index is 12.1. The Morgan fingerprint density at radius 2 is 1.86 bits per heavy atom. The molecule has 21 heavy (non-hydrogen) atoms. The zero-order valence-corrected chi connectivity index (χ0v) is 12.6. The minimum absolute atomic E-state index is 0.0515. The number of ether oxygens (including phenoxy) is 1. The monoisotopic (exact) mass is 312 g/mol. The van der Waals surface area contributed by atoms with E-state index >= 15 is 0 Å². The third kappa shape index (κ3) is 4.03. The van der Waals surface area contributed by atoms with Crippen molar-refractivity contribution in [3.8, 4) is 0 Å². The highest BCUT2D eigenvalue weighted by Crippen LogP contribution is 2.17. The zero-order chi connectivity index (χ0) is 15.3. The zero-order valence-electron chi connectivity index (χ0n) is 11.7. The van der Waals surface area contributed by atoms with Gasteiger partial charge in [-0.3, -0.25) is 4.79 Å². The van der Waals surface area contributed by atoms with E-state index in [1.165, 1.54) is 0 Å². The van der Waals surface area contributed by atoms with Crippen molar-refractivity contribution in [2.45, 2.75) is 23.3 Å². The lowest BCUT2D eigenvalue weighted by molar-refractivity contribution is -0.129. The summed E-state index contributed by atoms with van der Waals surface area (Å²) in [5.74, 6) is -0.455. The maximum Gasteiger partial charge on any atom is 0.240 e. The summed E-state index contributed by atoms with van der Waals surface area (Å²) in [5, 5.41) is 2.62. The standard InChI is InChI=1S/C14H20N2O4S/c15-14(6-9-20-10-7-14)13(17)16-8-11-21(18,19)12-4-2-1-3-5-12/h1-5H,6-11,15H2,(H,16,17). The first kappa shape index (κ1) is 15.9. The lowest BCUT2D eigenvalue weighted by atomic mass is 9.90. The Hall–Kier alpha value is -1.44. The van der Waals surface area contributed by atoms with Gasteiger partial charge < -0.3 is 15.8 Å². The van der Waals surface area contributed by atoms with E-state index in [9.17, 15) is 13.2 Å². The number of carbonyl (C=O) groups excluding carboxylic acids is 1. The van der Waals surface area contributed by atoms with Crippen LogP contribution in [0.1, 0.15) is 12.8 Å². The predicted molar refractivity (Wildman–Crippen MR) is 78.5 cm³/mol. The Morgan fingerprint density at radius 1 is 1.24 bits per heavy atom. The van der Waals surface area contributed by atoms with Gasteiger partial charge in [0.2, 0.25) is 5.91 Å². The van der Waals surface area contributed by atoms with Crippen LogP contribution >= 0.6 is 0 Å². The van der Waals surface area contributed by atoms with Crippen molar-refractivity contribution in [1.29, 1.82) is 0 Å². The average Bonchev–Trinajstić information content (AvgIpc) is 2.48. The van der Waals surface area contributed by atoms with E-state index in [0.29, 0.717) is 26.1 Å². The number of nitrogens with one attached hydrogen (secondary N) is 1. The Kier molecular flexibility index (Phi) is 4.97. The minimum atomic E-state index is -3.39. The molecule has 6 nitrogen and oxygen atoms in total. The van der Waals surface area contributed by atoms with Crippen LogP contribution in [-0.2, 0) is 19.4 Å². The summed E-state index contributed by atoms with van der Waals surface area (Å²) < 4.78 is 29.3. The van der Waals surface area contributed by atoms with Crippen LogP contribution in [0.2, 0.25) is 0 Å². The molecule has 3 N–H and O–H groups in total. The van der Waals surface area contributed by atoms with Crippen molar-refractivity contribution in [3.63, 3.8) is 0 Å². The van der Waals surface area contributed by atoms with E-state index in [0.717, 1.165) is 0 Å². The lowest BCUT2D eigenvalue weighted by Gasteiger charge is -2.31. The predicted octanol–water partition coefficient (Wildman–Crippen LogP) is 0.0844. The van der Waals surface area contributed by atoms with Gasteiger partial charge in [-0.05, 0) is 25.0 Å². The van der Waals surface area contributed by atoms with E-state index < -0.39 is 15.4 Å². The molecule has 0 saturated carbocycles. The Morgan fingerprint density at radius 3 is 2.48 bits per heavy atom. The second kappa shape index (κ2) is 6.55. The Balaban J connectivity index is 1.88. The van der Waals surface area contributed by atoms with Crippen molar-refractivity contribution in [1.82, 2.24) is 5.32 Å². The molecule has 7 heteroatoms. The van der Waals surface area contributed by atoms with Gasteiger partial charge >= 0.3 is 0 Å². The van der Waals surface area contributed by atoms with E-state index in [4.69, 9.17) is 10.5 Å². The van der Waals surface area contributed by atoms with Gasteiger partial charge in [0.15, 0.2) is 9.84 Å². The highest BCUT2D eigenvalue weighted by atomic mass is 32.2. The summed E-state index contributed by atoms with van der Waals surface area (Å²) in [4.78, 5) is 12.3. The summed E-state index contributed by atoms with van der Waals surface area (Å²) in [6.07, 6.45) is 0.897. The highest BCUT2D eigenvalue weighted by Gasteiger charge is 2.35.